The Labute approximate surface area is 84.7 Å². The highest BCUT2D eigenvalue weighted by Gasteiger charge is 2.03. The summed E-state index contributed by atoms with van der Waals surface area (Å²) in [5, 5.41) is 10.6. The molecular weight excluding hydrogens is 198 g/mol. The third kappa shape index (κ3) is 1.65. The molecule has 69 valence electrons. The van der Waals surface area contributed by atoms with Crippen LogP contribution in [-0.4, -0.2) is 16.1 Å². The third-order valence-corrected chi connectivity index (χ3v) is 2.35. The van der Waals surface area contributed by atoms with Crippen LogP contribution in [0.5, 0.6) is 0 Å². The zero-order chi connectivity index (χ0) is 9.97. The van der Waals surface area contributed by atoms with E-state index >= 15 is 0 Å². The van der Waals surface area contributed by atoms with Gasteiger partial charge in [-0.25, -0.2) is 9.78 Å². The van der Waals surface area contributed by atoms with Gasteiger partial charge in [-0.1, -0.05) is 12.1 Å². The molecule has 0 amide bonds. The summed E-state index contributed by atoms with van der Waals surface area (Å²) >= 11 is 1.39. The Hall–Kier alpha value is -1.68. The summed E-state index contributed by atoms with van der Waals surface area (Å²) in [7, 11) is 0. The number of nitrogens with zero attached hydrogens (tertiary/aromatic N) is 1. The smallest absolute Gasteiger partial charge is 0.335 e. The summed E-state index contributed by atoms with van der Waals surface area (Å²) in [6, 6.07) is 6.62. The van der Waals surface area contributed by atoms with Crippen molar-refractivity contribution in [2.45, 2.75) is 0 Å². The Morgan fingerprint density at radius 3 is 2.57 bits per heavy atom. The first kappa shape index (κ1) is 8.90. The van der Waals surface area contributed by atoms with Gasteiger partial charge < -0.3 is 5.11 Å². The predicted octanol–water partition coefficient (Wildman–Crippen LogP) is 2.31. The zero-order valence-electron chi connectivity index (χ0n) is 7.10. The van der Waals surface area contributed by atoms with E-state index in [0.29, 0.717) is 0 Å². The Kier molecular flexibility index (Phi) is 2.28. The summed E-state index contributed by atoms with van der Waals surface area (Å²) < 4.78 is 0. The molecule has 0 saturated heterocycles. The van der Waals surface area contributed by atoms with Crippen LogP contribution in [0.4, 0.5) is 0 Å². The normalized spacial score (nSPS) is 10.0. The van der Waals surface area contributed by atoms with Gasteiger partial charge in [0.1, 0.15) is 0 Å². The second-order valence-electron chi connectivity index (χ2n) is 2.71. The molecule has 0 saturated carbocycles. The summed E-state index contributed by atoms with van der Waals surface area (Å²) in [5.41, 5.74) is 4.76. The highest BCUT2D eigenvalue weighted by molar-refractivity contribution is 7.07. The molecule has 0 fully saturated rings. The number of hydrogen-bond acceptors (Lipinski definition) is 3. The van der Waals surface area contributed by atoms with Crippen molar-refractivity contribution in [3.05, 3.63) is 40.7 Å². The van der Waals surface area contributed by atoms with Gasteiger partial charge in [-0.05, 0) is 12.1 Å². The van der Waals surface area contributed by atoms with Crippen molar-refractivity contribution in [3.63, 3.8) is 0 Å². The maximum absolute atomic E-state index is 10.6. The maximum atomic E-state index is 10.6. The van der Waals surface area contributed by atoms with Gasteiger partial charge in [-0.2, -0.15) is 0 Å². The lowest BCUT2D eigenvalue weighted by molar-refractivity contribution is 0.0697. The lowest BCUT2D eigenvalue weighted by atomic mass is 10.1. The monoisotopic (exact) mass is 204 g/mol. The highest BCUT2D eigenvalue weighted by Crippen LogP contribution is 2.18. The van der Waals surface area contributed by atoms with Crippen molar-refractivity contribution in [1.29, 1.82) is 0 Å². The topological polar surface area (TPSA) is 50.2 Å². The zero-order valence-corrected chi connectivity index (χ0v) is 7.91. The molecule has 1 radical (unpaired) electrons. The summed E-state index contributed by atoms with van der Waals surface area (Å²) in [6.45, 7) is 0. The van der Waals surface area contributed by atoms with E-state index in [4.69, 9.17) is 5.11 Å². The van der Waals surface area contributed by atoms with Crippen LogP contribution in [0.2, 0.25) is 0 Å². The molecule has 0 aliphatic heterocycles. The second-order valence-corrected chi connectivity index (χ2v) is 3.36. The number of carboxylic acids is 1. The first-order valence-electron chi connectivity index (χ1n) is 3.92. The number of thiazole rings is 1. The van der Waals surface area contributed by atoms with Crippen LogP contribution in [0.25, 0.3) is 11.3 Å². The molecule has 2 rings (SSSR count). The molecule has 1 N–H and O–H groups in total. The number of aromatic carboxylic acids is 1. The molecule has 3 nitrogen and oxygen atoms in total. The Morgan fingerprint density at radius 1 is 1.36 bits per heavy atom. The van der Waals surface area contributed by atoms with Crippen molar-refractivity contribution >= 4 is 17.3 Å². The first-order valence-corrected chi connectivity index (χ1v) is 4.80. The van der Waals surface area contributed by atoms with E-state index in [-0.39, 0.29) is 5.56 Å². The quantitative estimate of drug-likeness (QED) is 0.816. The Balaban J connectivity index is 2.36. The third-order valence-electron chi connectivity index (χ3n) is 1.82. The average molecular weight is 204 g/mol. The van der Waals surface area contributed by atoms with Gasteiger partial charge in [0.15, 0.2) is 5.51 Å². The minimum atomic E-state index is -0.915. The minimum absolute atomic E-state index is 0.285. The molecule has 0 atom stereocenters. The SMILES string of the molecule is O=C(O)c1ccc(-c2cs[c]n2)cc1. The summed E-state index contributed by atoms with van der Waals surface area (Å²) in [4.78, 5) is 14.6. The van der Waals surface area contributed by atoms with Crippen LogP contribution in [0.15, 0.2) is 29.6 Å². The van der Waals surface area contributed by atoms with Gasteiger partial charge in [0.05, 0.1) is 11.3 Å². The molecule has 1 aromatic carbocycles. The maximum Gasteiger partial charge on any atom is 0.335 e. The van der Waals surface area contributed by atoms with Crippen LogP contribution < -0.4 is 0 Å². The molecule has 0 aliphatic rings. The summed E-state index contributed by atoms with van der Waals surface area (Å²) in [6.07, 6.45) is 0. The molecule has 2 aromatic rings. The molecular formula is C10H6NO2S. The number of rotatable bonds is 2. The van der Waals surface area contributed by atoms with Crippen molar-refractivity contribution in [2.24, 2.45) is 0 Å². The van der Waals surface area contributed by atoms with Crippen molar-refractivity contribution < 1.29 is 9.90 Å². The largest absolute Gasteiger partial charge is 0.478 e. The van der Waals surface area contributed by atoms with Crippen LogP contribution in [0.3, 0.4) is 0 Å². The van der Waals surface area contributed by atoms with Gasteiger partial charge in [0.25, 0.3) is 0 Å². The van der Waals surface area contributed by atoms with E-state index in [1.54, 1.807) is 24.3 Å². The summed E-state index contributed by atoms with van der Waals surface area (Å²) in [5.74, 6) is -0.915. The van der Waals surface area contributed by atoms with E-state index < -0.39 is 5.97 Å². The molecule has 0 spiro atoms. The van der Waals surface area contributed by atoms with Gasteiger partial charge in [0, 0.05) is 10.9 Å². The van der Waals surface area contributed by atoms with E-state index in [0.717, 1.165) is 11.3 Å². The molecule has 1 heterocycles. The van der Waals surface area contributed by atoms with Crippen molar-refractivity contribution in [3.8, 4) is 11.3 Å². The molecule has 1 aromatic heterocycles. The molecule has 0 unspecified atom stereocenters. The number of hydrogen-bond donors (Lipinski definition) is 1. The van der Waals surface area contributed by atoms with E-state index in [1.165, 1.54) is 11.3 Å². The minimum Gasteiger partial charge on any atom is -0.478 e. The first-order chi connectivity index (χ1) is 6.77. The molecule has 0 aliphatic carbocycles. The van der Waals surface area contributed by atoms with Crippen LogP contribution in [-0.2, 0) is 0 Å². The fraction of sp³-hybridized carbons (Fsp3) is 0. The lowest BCUT2D eigenvalue weighted by Crippen LogP contribution is -1.94. The van der Waals surface area contributed by atoms with Crippen molar-refractivity contribution in [2.75, 3.05) is 0 Å². The van der Waals surface area contributed by atoms with Crippen LogP contribution in [0, 0.1) is 5.51 Å². The predicted molar refractivity (Wildman–Crippen MR) is 53.3 cm³/mol. The number of benzene rings is 1. The standard InChI is InChI=1S/C10H6NO2S/c12-10(13)8-3-1-7(2-4-8)9-5-14-6-11-9/h1-5H,(H,12,13). The Morgan fingerprint density at radius 2 is 2.07 bits per heavy atom. The van der Waals surface area contributed by atoms with E-state index in [9.17, 15) is 4.79 Å². The van der Waals surface area contributed by atoms with E-state index in [2.05, 4.69) is 10.5 Å². The fourth-order valence-corrected chi connectivity index (χ4v) is 1.60. The number of carboxylic acid groups (broad SMARTS) is 1. The van der Waals surface area contributed by atoms with Crippen molar-refractivity contribution in [1.82, 2.24) is 4.98 Å². The second kappa shape index (κ2) is 3.59. The van der Waals surface area contributed by atoms with Gasteiger partial charge in [-0.15, -0.1) is 11.3 Å². The average Bonchev–Trinajstić information content (AvgIpc) is 2.71. The van der Waals surface area contributed by atoms with Crippen LogP contribution >= 0.6 is 11.3 Å². The lowest BCUT2D eigenvalue weighted by Gasteiger charge is -1.97. The van der Waals surface area contributed by atoms with Gasteiger partial charge in [0.2, 0.25) is 0 Å². The molecule has 14 heavy (non-hydrogen) atoms. The highest BCUT2D eigenvalue weighted by atomic mass is 32.1. The Bertz CT molecular complexity index is 434. The van der Waals surface area contributed by atoms with E-state index in [1.807, 2.05) is 5.38 Å². The van der Waals surface area contributed by atoms with Crippen LogP contribution in [0.1, 0.15) is 10.4 Å². The molecule has 4 heteroatoms. The number of aromatic nitrogens is 1. The molecule has 0 bridgehead atoms. The van der Waals surface area contributed by atoms with Gasteiger partial charge in [-0.3, -0.25) is 0 Å². The number of carbonyl (C=O) groups is 1. The van der Waals surface area contributed by atoms with Gasteiger partial charge >= 0.3 is 5.97 Å². The fourth-order valence-electron chi connectivity index (χ4n) is 1.10.